The number of aliphatic hydroxyl groups is 1. The highest BCUT2D eigenvalue weighted by Crippen LogP contribution is 2.40. The lowest BCUT2D eigenvalue weighted by molar-refractivity contribution is -0.140. The van der Waals surface area contributed by atoms with Gasteiger partial charge in [0.25, 0.3) is 11.7 Å². The van der Waals surface area contributed by atoms with Crippen LogP contribution in [0.5, 0.6) is 11.5 Å². The van der Waals surface area contributed by atoms with Crippen molar-refractivity contribution in [1.82, 2.24) is 14.8 Å². The second-order valence-electron chi connectivity index (χ2n) is 7.15. The fourth-order valence-electron chi connectivity index (χ4n) is 3.45. The van der Waals surface area contributed by atoms with Crippen molar-refractivity contribution in [2.45, 2.75) is 6.04 Å². The Morgan fingerprint density at radius 2 is 1.77 bits per heavy atom. The van der Waals surface area contributed by atoms with Gasteiger partial charge in [-0.1, -0.05) is 0 Å². The first-order valence-electron chi connectivity index (χ1n) is 9.44. The van der Waals surface area contributed by atoms with Crippen LogP contribution in [-0.2, 0) is 9.59 Å². The number of pyridine rings is 1. The van der Waals surface area contributed by atoms with Crippen LogP contribution in [0.4, 0.5) is 0 Å². The number of likely N-dealkylation sites (tertiary alicyclic amines) is 1. The topological polar surface area (TPSA) is 92.2 Å². The number of aromatic nitrogens is 1. The molecule has 1 atom stereocenters. The molecule has 0 saturated carbocycles. The average molecular weight is 411 g/mol. The zero-order valence-electron chi connectivity index (χ0n) is 17.5. The number of methoxy groups -OCH3 is 2. The van der Waals surface area contributed by atoms with Gasteiger partial charge in [-0.05, 0) is 50.0 Å². The molecule has 1 saturated heterocycles. The molecule has 30 heavy (non-hydrogen) atoms. The van der Waals surface area contributed by atoms with Gasteiger partial charge < -0.3 is 24.4 Å². The number of carbonyl (C=O) groups excluding carboxylic acids is 2. The minimum Gasteiger partial charge on any atom is -0.507 e. The number of nitrogens with zero attached hydrogens (tertiary/aromatic N) is 3. The molecule has 1 aliphatic rings. The third kappa shape index (κ3) is 3.99. The molecule has 1 N–H and O–H groups in total. The number of benzene rings is 1. The molecule has 1 aromatic heterocycles. The van der Waals surface area contributed by atoms with E-state index in [1.807, 2.05) is 19.0 Å². The minimum atomic E-state index is -0.720. The Labute approximate surface area is 175 Å². The third-order valence-corrected chi connectivity index (χ3v) is 5.01. The number of hydrogen-bond acceptors (Lipinski definition) is 7. The number of Topliss-reactive ketones (excluding diaryl/α,β-unsaturated/α-hetero) is 1. The van der Waals surface area contributed by atoms with Crippen molar-refractivity contribution in [3.05, 3.63) is 59.4 Å². The van der Waals surface area contributed by atoms with Gasteiger partial charge in [0.2, 0.25) is 0 Å². The molecule has 3 rings (SSSR count). The van der Waals surface area contributed by atoms with Crippen LogP contribution in [0.15, 0.2) is 48.3 Å². The monoisotopic (exact) mass is 411 g/mol. The Hall–Kier alpha value is -3.39. The van der Waals surface area contributed by atoms with Crippen LogP contribution < -0.4 is 9.47 Å². The number of rotatable bonds is 7. The number of likely N-dealkylation sites (N-methyl/N-ethyl adjacent to an activating group) is 1. The van der Waals surface area contributed by atoms with Crippen molar-refractivity contribution in [3.63, 3.8) is 0 Å². The molecule has 0 bridgehead atoms. The summed E-state index contributed by atoms with van der Waals surface area (Å²) in [6.07, 6.45) is 3.19. The number of carbonyl (C=O) groups is 2. The fraction of sp³-hybridized carbons (Fsp3) is 0.318. The zero-order chi connectivity index (χ0) is 21.8. The number of ether oxygens (including phenoxy) is 2. The Kier molecular flexibility index (Phi) is 6.37. The minimum absolute atomic E-state index is 0.0391. The number of aliphatic hydroxyl groups excluding tert-OH is 1. The predicted molar refractivity (Wildman–Crippen MR) is 111 cm³/mol. The van der Waals surface area contributed by atoms with E-state index in [4.69, 9.17) is 9.47 Å². The van der Waals surface area contributed by atoms with E-state index in [0.717, 1.165) is 0 Å². The number of amides is 1. The van der Waals surface area contributed by atoms with E-state index < -0.39 is 17.7 Å². The first-order chi connectivity index (χ1) is 14.4. The summed E-state index contributed by atoms with van der Waals surface area (Å²) < 4.78 is 10.5. The van der Waals surface area contributed by atoms with Gasteiger partial charge in [-0.15, -0.1) is 0 Å². The normalized spacial score (nSPS) is 18.2. The van der Waals surface area contributed by atoms with E-state index in [9.17, 15) is 14.7 Å². The lowest BCUT2D eigenvalue weighted by atomic mass is 9.96. The highest BCUT2D eigenvalue weighted by Gasteiger charge is 2.45. The van der Waals surface area contributed by atoms with Crippen LogP contribution in [0.3, 0.4) is 0 Å². The molecule has 1 aliphatic heterocycles. The zero-order valence-corrected chi connectivity index (χ0v) is 17.5. The Morgan fingerprint density at radius 1 is 1.10 bits per heavy atom. The first-order valence-corrected chi connectivity index (χ1v) is 9.44. The molecule has 0 unspecified atom stereocenters. The maximum absolute atomic E-state index is 12.9. The van der Waals surface area contributed by atoms with Gasteiger partial charge >= 0.3 is 0 Å². The lowest BCUT2D eigenvalue weighted by Crippen LogP contribution is -2.35. The van der Waals surface area contributed by atoms with Gasteiger partial charge in [0.05, 0.1) is 25.8 Å². The van der Waals surface area contributed by atoms with Crippen molar-refractivity contribution < 1.29 is 24.2 Å². The molecule has 0 spiro atoms. The van der Waals surface area contributed by atoms with Gasteiger partial charge in [0, 0.05) is 31.0 Å². The Morgan fingerprint density at radius 3 is 2.37 bits per heavy atom. The van der Waals surface area contributed by atoms with Gasteiger partial charge in [-0.25, -0.2) is 0 Å². The summed E-state index contributed by atoms with van der Waals surface area (Å²) in [5.74, 6) is -0.720. The molecule has 1 fully saturated rings. The first kappa shape index (κ1) is 21.3. The van der Waals surface area contributed by atoms with Crippen molar-refractivity contribution >= 4 is 17.4 Å². The van der Waals surface area contributed by atoms with Gasteiger partial charge in [0.15, 0.2) is 11.5 Å². The van der Waals surface area contributed by atoms with Crippen molar-refractivity contribution in [2.24, 2.45) is 0 Å². The van der Waals surface area contributed by atoms with Crippen LogP contribution in [0.1, 0.15) is 17.2 Å². The summed E-state index contributed by atoms with van der Waals surface area (Å²) in [6, 6.07) is 7.60. The number of hydrogen-bond donors (Lipinski definition) is 1. The van der Waals surface area contributed by atoms with Crippen LogP contribution in [0, 0.1) is 0 Å². The molecular formula is C22H25N3O5. The molecule has 2 heterocycles. The molecular weight excluding hydrogens is 386 g/mol. The van der Waals surface area contributed by atoms with E-state index >= 15 is 0 Å². The molecule has 1 aromatic carbocycles. The smallest absolute Gasteiger partial charge is 0.295 e. The van der Waals surface area contributed by atoms with E-state index in [2.05, 4.69) is 4.98 Å². The molecule has 0 radical (unpaired) electrons. The molecule has 8 heteroatoms. The summed E-state index contributed by atoms with van der Waals surface area (Å²) in [6.45, 7) is 0.915. The van der Waals surface area contributed by atoms with E-state index in [1.54, 1.807) is 42.7 Å². The Bertz CT molecular complexity index is 972. The maximum Gasteiger partial charge on any atom is 0.295 e. The summed E-state index contributed by atoms with van der Waals surface area (Å²) in [5, 5.41) is 11.1. The maximum atomic E-state index is 12.9. The van der Waals surface area contributed by atoms with E-state index in [0.29, 0.717) is 35.7 Å². The van der Waals surface area contributed by atoms with Crippen molar-refractivity contribution in [3.8, 4) is 11.5 Å². The summed E-state index contributed by atoms with van der Waals surface area (Å²) >= 11 is 0. The molecule has 8 nitrogen and oxygen atoms in total. The second-order valence-corrected chi connectivity index (χ2v) is 7.15. The molecule has 0 aliphatic carbocycles. The van der Waals surface area contributed by atoms with Crippen LogP contribution in [-0.4, -0.2) is 73.0 Å². The quantitative estimate of drug-likeness (QED) is 0.424. The second kappa shape index (κ2) is 8.96. The summed E-state index contributed by atoms with van der Waals surface area (Å²) in [4.78, 5) is 33.2. The van der Waals surface area contributed by atoms with Crippen LogP contribution in [0.2, 0.25) is 0 Å². The highest BCUT2D eigenvalue weighted by molar-refractivity contribution is 6.46. The fourth-order valence-corrected chi connectivity index (χ4v) is 3.45. The van der Waals surface area contributed by atoms with E-state index in [1.165, 1.54) is 19.1 Å². The van der Waals surface area contributed by atoms with Crippen LogP contribution >= 0.6 is 0 Å². The largest absolute Gasteiger partial charge is 0.507 e. The van der Waals surface area contributed by atoms with Crippen molar-refractivity contribution in [2.75, 3.05) is 41.4 Å². The third-order valence-electron chi connectivity index (χ3n) is 5.01. The van der Waals surface area contributed by atoms with Crippen LogP contribution in [0.25, 0.3) is 5.76 Å². The average Bonchev–Trinajstić information content (AvgIpc) is 3.01. The van der Waals surface area contributed by atoms with Gasteiger partial charge in [-0.3, -0.25) is 14.6 Å². The van der Waals surface area contributed by atoms with Crippen molar-refractivity contribution in [1.29, 1.82) is 0 Å². The van der Waals surface area contributed by atoms with Gasteiger partial charge in [0.1, 0.15) is 5.76 Å². The molecule has 2 aromatic rings. The predicted octanol–water partition coefficient (Wildman–Crippen LogP) is 2.08. The molecule has 158 valence electrons. The van der Waals surface area contributed by atoms with Gasteiger partial charge in [-0.2, -0.15) is 0 Å². The SMILES string of the molecule is COc1ccc(/C(O)=C2\C(=O)C(=O)N(CCN(C)C)[C@H]2c2ccncc2)cc1OC. The highest BCUT2D eigenvalue weighted by atomic mass is 16.5. The number of ketones is 1. The lowest BCUT2D eigenvalue weighted by Gasteiger charge is -2.26. The Balaban J connectivity index is 2.14. The summed E-state index contributed by atoms with van der Waals surface area (Å²) in [5.41, 5.74) is 1.10. The summed E-state index contributed by atoms with van der Waals surface area (Å²) in [7, 11) is 6.78. The standard InChI is InChI=1S/C22H25N3O5/c1-24(2)11-12-25-19(14-7-9-23-10-8-14)18(21(27)22(25)28)20(26)15-5-6-16(29-3)17(13-15)30-4/h5-10,13,19,26H,11-12H2,1-4H3/b20-18+/t19-/m0/s1. The van der Waals surface area contributed by atoms with E-state index in [-0.39, 0.29) is 11.3 Å². The molecule has 1 amide bonds.